The third-order valence-electron chi connectivity index (χ3n) is 4.96. The summed E-state index contributed by atoms with van der Waals surface area (Å²) in [7, 11) is 1.63. The maximum absolute atomic E-state index is 12.8. The van der Waals surface area contributed by atoms with Gasteiger partial charge in [0.1, 0.15) is 5.60 Å². The zero-order valence-electron chi connectivity index (χ0n) is 14.5. The Hall–Kier alpha value is -2.36. The molecule has 1 aromatic carbocycles. The second-order valence-electron chi connectivity index (χ2n) is 6.25. The Labute approximate surface area is 142 Å². The molecule has 0 saturated heterocycles. The van der Waals surface area contributed by atoms with Crippen LogP contribution in [0.5, 0.6) is 11.5 Å². The highest BCUT2D eigenvalue weighted by atomic mass is 16.5. The lowest BCUT2D eigenvalue weighted by Crippen LogP contribution is -2.32. The first-order valence-corrected chi connectivity index (χ1v) is 8.43. The number of methoxy groups -OCH3 is 1. The van der Waals surface area contributed by atoms with Crippen molar-refractivity contribution < 1.29 is 14.3 Å². The van der Waals surface area contributed by atoms with Gasteiger partial charge in [-0.05, 0) is 42.7 Å². The molecule has 0 unspecified atom stereocenters. The molecule has 0 fully saturated rings. The van der Waals surface area contributed by atoms with Crippen molar-refractivity contribution in [2.75, 3.05) is 7.11 Å². The molecular weight excluding hydrogens is 302 g/mol. The first-order chi connectivity index (χ1) is 11.6. The maximum Gasteiger partial charge on any atom is 0.167 e. The number of ketones is 1. The number of ether oxygens (including phenoxy) is 2. The van der Waals surface area contributed by atoms with Crippen molar-refractivity contribution in [3.63, 3.8) is 0 Å². The number of carbonyl (C=O) groups excluding carboxylic acids is 1. The number of Topliss-reactive ketones (excluding diaryl/α,β-unsaturated/α-hetero) is 1. The molecule has 0 bridgehead atoms. The Morgan fingerprint density at radius 3 is 2.54 bits per heavy atom. The average molecular weight is 325 g/mol. The third-order valence-corrected chi connectivity index (χ3v) is 4.96. The van der Waals surface area contributed by atoms with Crippen LogP contribution in [0.1, 0.15) is 48.2 Å². The molecule has 3 rings (SSSR count). The Morgan fingerprint density at radius 1 is 1.21 bits per heavy atom. The molecule has 0 radical (unpaired) electrons. The van der Waals surface area contributed by atoms with Gasteiger partial charge in [-0.2, -0.15) is 0 Å². The zero-order chi connectivity index (χ0) is 17.2. The van der Waals surface area contributed by atoms with E-state index in [0.717, 1.165) is 41.7 Å². The smallest absolute Gasteiger partial charge is 0.167 e. The molecule has 4 heteroatoms. The Morgan fingerprint density at radius 2 is 1.92 bits per heavy atom. The van der Waals surface area contributed by atoms with Gasteiger partial charge in [0, 0.05) is 36.4 Å². The summed E-state index contributed by atoms with van der Waals surface area (Å²) in [4.78, 5) is 16.8. The van der Waals surface area contributed by atoms with Crippen LogP contribution in [0.2, 0.25) is 0 Å². The van der Waals surface area contributed by atoms with Gasteiger partial charge in [0.15, 0.2) is 17.3 Å². The minimum absolute atomic E-state index is 0.103. The molecule has 2 aromatic rings. The van der Waals surface area contributed by atoms with Crippen molar-refractivity contribution in [2.24, 2.45) is 0 Å². The average Bonchev–Trinajstić information content (AvgIpc) is 3.02. The van der Waals surface area contributed by atoms with Crippen molar-refractivity contribution in [3.05, 3.63) is 53.3 Å². The van der Waals surface area contributed by atoms with Crippen molar-refractivity contribution >= 4 is 5.78 Å². The van der Waals surface area contributed by atoms with E-state index in [4.69, 9.17) is 9.47 Å². The van der Waals surface area contributed by atoms with Crippen LogP contribution in [-0.4, -0.2) is 23.5 Å². The highest BCUT2D eigenvalue weighted by Gasteiger charge is 2.40. The van der Waals surface area contributed by atoms with Crippen LogP contribution in [0, 0.1) is 0 Å². The van der Waals surface area contributed by atoms with Gasteiger partial charge >= 0.3 is 0 Å². The fourth-order valence-corrected chi connectivity index (χ4v) is 3.32. The summed E-state index contributed by atoms with van der Waals surface area (Å²) in [5, 5.41) is 0. The minimum atomic E-state index is -0.233. The number of benzene rings is 1. The normalized spacial score (nSPS) is 14.8. The summed E-state index contributed by atoms with van der Waals surface area (Å²) in [5.41, 5.74) is 2.46. The lowest BCUT2D eigenvalue weighted by molar-refractivity contribution is 0.0828. The Bertz CT molecular complexity index is 736. The van der Waals surface area contributed by atoms with Gasteiger partial charge in [-0.15, -0.1) is 0 Å². The van der Waals surface area contributed by atoms with Gasteiger partial charge in [-0.1, -0.05) is 13.8 Å². The summed E-state index contributed by atoms with van der Waals surface area (Å²) in [6.07, 6.45) is 6.35. The van der Waals surface area contributed by atoms with Gasteiger partial charge < -0.3 is 9.47 Å². The fraction of sp³-hybridized carbons (Fsp3) is 0.400. The Kier molecular flexibility index (Phi) is 4.56. The number of aromatic nitrogens is 1. The van der Waals surface area contributed by atoms with Crippen LogP contribution in [-0.2, 0) is 12.8 Å². The third kappa shape index (κ3) is 2.88. The first kappa shape index (κ1) is 16.5. The second-order valence-corrected chi connectivity index (χ2v) is 6.25. The number of pyridine rings is 1. The van der Waals surface area contributed by atoms with Crippen LogP contribution < -0.4 is 9.47 Å². The van der Waals surface area contributed by atoms with E-state index in [-0.39, 0.29) is 11.4 Å². The number of fused-ring (bicyclic) bond motifs is 1. The molecule has 126 valence electrons. The number of nitrogens with zero attached hydrogens (tertiary/aromatic N) is 1. The number of rotatable bonds is 6. The van der Waals surface area contributed by atoms with E-state index in [0.29, 0.717) is 12.2 Å². The van der Waals surface area contributed by atoms with Crippen LogP contribution in [0.3, 0.4) is 0 Å². The lowest BCUT2D eigenvalue weighted by Gasteiger charge is -2.25. The van der Waals surface area contributed by atoms with Gasteiger partial charge in [-0.3, -0.25) is 9.78 Å². The second kappa shape index (κ2) is 6.63. The van der Waals surface area contributed by atoms with Crippen molar-refractivity contribution in [1.29, 1.82) is 0 Å². The molecule has 0 atom stereocenters. The molecule has 4 nitrogen and oxygen atoms in total. The van der Waals surface area contributed by atoms with E-state index >= 15 is 0 Å². The van der Waals surface area contributed by atoms with Gasteiger partial charge in [0.2, 0.25) is 0 Å². The lowest BCUT2D eigenvalue weighted by atomic mass is 9.88. The van der Waals surface area contributed by atoms with E-state index in [1.165, 1.54) is 0 Å². The van der Waals surface area contributed by atoms with E-state index < -0.39 is 0 Å². The largest absolute Gasteiger partial charge is 0.493 e. The van der Waals surface area contributed by atoms with Gasteiger partial charge in [0.25, 0.3) is 0 Å². The van der Waals surface area contributed by atoms with E-state index in [9.17, 15) is 4.79 Å². The van der Waals surface area contributed by atoms with Gasteiger partial charge in [-0.25, -0.2) is 0 Å². The highest BCUT2D eigenvalue weighted by molar-refractivity contribution is 6.00. The summed E-state index contributed by atoms with van der Waals surface area (Å²) in [6.45, 7) is 4.25. The predicted octanol–water partition coefficient (Wildman–Crippen LogP) is 4.01. The molecule has 1 aliphatic rings. The highest BCUT2D eigenvalue weighted by Crippen LogP contribution is 2.46. The van der Waals surface area contributed by atoms with Crippen molar-refractivity contribution in [3.8, 4) is 11.5 Å². The number of hydrogen-bond acceptors (Lipinski definition) is 4. The van der Waals surface area contributed by atoms with Crippen LogP contribution in [0.15, 0.2) is 36.7 Å². The summed E-state index contributed by atoms with van der Waals surface area (Å²) < 4.78 is 11.7. The molecule has 0 saturated carbocycles. The minimum Gasteiger partial charge on any atom is -0.493 e. The molecule has 24 heavy (non-hydrogen) atoms. The van der Waals surface area contributed by atoms with Crippen LogP contribution in [0.25, 0.3) is 0 Å². The van der Waals surface area contributed by atoms with Crippen molar-refractivity contribution in [2.45, 2.75) is 45.1 Å². The molecule has 1 aromatic heterocycles. The molecule has 0 aliphatic carbocycles. The zero-order valence-corrected chi connectivity index (χ0v) is 14.5. The monoisotopic (exact) mass is 325 g/mol. The van der Waals surface area contributed by atoms with Crippen molar-refractivity contribution in [1.82, 2.24) is 4.98 Å². The number of hydrogen-bond donors (Lipinski definition) is 0. The molecule has 2 heterocycles. The van der Waals surface area contributed by atoms with E-state index in [2.05, 4.69) is 18.8 Å². The SMILES string of the molecule is CCC1(CC)Cc2c(C(=O)Cc3ccncc3)ccc(OC)c2O1. The quantitative estimate of drug-likeness (QED) is 0.753. The predicted molar refractivity (Wildman–Crippen MR) is 92.9 cm³/mol. The first-order valence-electron chi connectivity index (χ1n) is 8.43. The number of carbonyl (C=O) groups is 1. The molecule has 1 aliphatic heterocycles. The summed E-state index contributed by atoms with van der Waals surface area (Å²) in [6, 6.07) is 7.45. The van der Waals surface area contributed by atoms with E-state index in [1.54, 1.807) is 19.5 Å². The van der Waals surface area contributed by atoms with Crippen LogP contribution >= 0.6 is 0 Å². The summed E-state index contributed by atoms with van der Waals surface area (Å²) >= 11 is 0. The maximum atomic E-state index is 12.8. The molecular formula is C20H23NO3. The van der Waals surface area contributed by atoms with Gasteiger partial charge in [0.05, 0.1) is 7.11 Å². The van der Waals surface area contributed by atoms with Crippen LogP contribution in [0.4, 0.5) is 0 Å². The summed E-state index contributed by atoms with van der Waals surface area (Å²) in [5.74, 6) is 1.54. The molecule has 0 spiro atoms. The Balaban J connectivity index is 1.97. The topological polar surface area (TPSA) is 48.4 Å². The standard InChI is InChI=1S/C20H23NO3/c1-4-20(5-2)13-16-15(6-7-18(23-3)19(16)24-20)17(22)12-14-8-10-21-11-9-14/h6-11H,4-5,12-13H2,1-3H3. The fourth-order valence-electron chi connectivity index (χ4n) is 3.32. The van der Waals surface area contributed by atoms with E-state index in [1.807, 2.05) is 24.3 Å². The molecule has 0 amide bonds. The molecule has 0 N–H and O–H groups in total.